The number of hydrogen-bond acceptors (Lipinski definition) is 0. The molecule has 0 nitrogen and oxygen atoms in total. The van der Waals surface area contributed by atoms with Crippen LogP contribution in [0.15, 0.2) is 53.0 Å². The standard InChI is InChI=1S/C12H10BBr/c13-11-5-1-3-9(7-11)10-4-2-6-12(14)8-10/h1-8H,13H2. The summed E-state index contributed by atoms with van der Waals surface area (Å²) >= 11 is 3.48. The molecule has 0 radical (unpaired) electrons. The lowest BCUT2D eigenvalue weighted by Gasteiger charge is -2.03. The minimum absolute atomic E-state index is 1.12. The van der Waals surface area contributed by atoms with Gasteiger partial charge in [0.1, 0.15) is 7.85 Å². The van der Waals surface area contributed by atoms with E-state index in [9.17, 15) is 0 Å². The Morgan fingerprint density at radius 1 is 0.857 bits per heavy atom. The molecule has 0 N–H and O–H groups in total. The fourth-order valence-corrected chi connectivity index (χ4v) is 1.89. The van der Waals surface area contributed by atoms with Gasteiger partial charge >= 0.3 is 0 Å². The number of rotatable bonds is 1. The predicted molar refractivity (Wildman–Crippen MR) is 67.8 cm³/mol. The molecule has 0 atom stereocenters. The van der Waals surface area contributed by atoms with Gasteiger partial charge in [0.2, 0.25) is 0 Å². The topological polar surface area (TPSA) is 0 Å². The van der Waals surface area contributed by atoms with Crippen molar-refractivity contribution >= 4 is 29.2 Å². The molecule has 2 aromatic carbocycles. The van der Waals surface area contributed by atoms with Gasteiger partial charge in [-0.3, -0.25) is 0 Å². The normalized spacial score (nSPS) is 10.1. The molecule has 0 aromatic heterocycles. The Morgan fingerprint density at radius 2 is 1.50 bits per heavy atom. The highest BCUT2D eigenvalue weighted by molar-refractivity contribution is 9.10. The quantitative estimate of drug-likeness (QED) is 0.676. The van der Waals surface area contributed by atoms with Crippen LogP contribution in [0, 0.1) is 0 Å². The van der Waals surface area contributed by atoms with Crippen LogP contribution in [-0.2, 0) is 0 Å². The molecule has 0 amide bonds. The summed E-state index contributed by atoms with van der Waals surface area (Å²) in [6, 6.07) is 16.9. The molecule has 0 aliphatic carbocycles. The van der Waals surface area contributed by atoms with Crippen molar-refractivity contribution in [1.82, 2.24) is 0 Å². The number of benzene rings is 2. The molecule has 0 aliphatic rings. The van der Waals surface area contributed by atoms with Crippen LogP contribution in [0.5, 0.6) is 0 Å². The van der Waals surface area contributed by atoms with Crippen molar-refractivity contribution in [3.05, 3.63) is 53.0 Å². The second-order valence-corrected chi connectivity index (χ2v) is 4.30. The van der Waals surface area contributed by atoms with Gasteiger partial charge in [0.05, 0.1) is 0 Å². The van der Waals surface area contributed by atoms with Gasteiger partial charge in [-0.15, -0.1) is 0 Å². The summed E-state index contributed by atoms with van der Waals surface area (Å²) in [7, 11) is 2.11. The van der Waals surface area contributed by atoms with Crippen LogP contribution in [0.4, 0.5) is 0 Å². The Kier molecular flexibility index (Phi) is 2.73. The van der Waals surface area contributed by atoms with Crippen molar-refractivity contribution < 1.29 is 0 Å². The smallest absolute Gasteiger partial charge is 0.0884 e. The van der Waals surface area contributed by atoms with Crippen LogP contribution >= 0.6 is 15.9 Å². The third-order valence-corrected chi connectivity index (χ3v) is 2.67. The highest BCUT2D eigenvalue weighted by atomic mass is 79.9. The first kappa shape index (κ1) is 9.54. The van der Waals surface area contributed by atoms with Crippen molar-refractivity contribution in [1.29, 1.82) is 0 Å². The summed E-state index contributed by atoms with van der Waals surface area (Å²) < 4.78 is 1.12. The second-order valence-electron chi connectivity index (χ2n) is 3.38. The molecule has 0 saturated carbocycles. The zero-order valence-electron chi connectivity index (χ0n) is 8.00. The van der Waals surface area contributed by atoms with E-state index in [0.717, 1.165) is 4.47 Å². The van der Waals surface area contributed by atoms with Crippen LogP contribution in [0.25, 0.3) is 11.1 Å². The van der Waals surface area contributed by atoms with Gasteiger partial charge in [0, 0.05) is 4.47 Å². The van der Waals surface area contributed by atoms with E-state index < -0.39 is 0 Å². The van der Waals surface area contributed by atoms with Crippen molar-refractivity contribution in [2.45, 2.75) is 0 Å². The molecule has 14 heavy (non-hydrogen) atoms. The first-order chi connectivity index (χ1) is 6.75. The van der Waals surface area contributed by atoms with Crippen molar-refractivity contribution in [2.24, 2.45) is 0 Å². The molecule has 0 unspecified atom stereocenters. The van der Waals surface area contributed by atoms with Gasteiger partial charge in [-0.2, -0.15) is 0 Å². The van der Waals surface area contributed by atoms with Crippen molar-refractivity contribution in [2.75, 3.05) is 0 Å². The molecule has 0 spiro atoms. The minimum atomic E-state index is 1.12. The summed E-state index contributed by atoms with van der Waals surface area (Å²) in [5.41, 5.74) is 3.82. The van der Waals surface area contributed by atoms with E-state index in [4.69, 9.17) is 0 Å². The average molecular weight is 245 g/mol. The lowest BCUT2D eigenvalue weighted by atomic mass is 9.92. The lowest BCUT2D eigenvalue weighted by molar-refractivity contribution is 1.61. The fourth-order valence-electron chi connectivity index (χ4n) is 1.49. The van der Waals surface area contributed by atoms with Gasteiger partial charge in [-0.1, -0.05) is 57.8 Å². The van der Waals surface area contributed by atoms with Gasteiger partial charge < -0.3 is 0 Å². The summed E-state index contributed by atoms with van der Waals surface area (Å²) in [6.07, 6.45) is 0. The average Bonchev–Trinajstić information content (AvgIpc) is 2.18. The zero-order chi connectivity index (χ0) is 9.97. The predicted octanol–water partition coefficient (Wildman–Crippen LogP) is 2.37. The van der Waals surface area contributed by atoms with E-state index >= 15 is 0 Å². The summed E-state index contributed by atoms with van der Waals surface area (Å²) in [6.45, 7) is 0. The lowest BCUT2D eigenvalue weighted by Crippen LogP contribution is -2.00. The van der Waals surface area contributed by atoms with Crippen molar-refractivity contribution in [3.63, 3.8) is 0 Å². The molecule has 68 valence electrons. The van der Waals surface area contributed by atoms with E-state index in [2.05, 4.69) is 66.2 Å². The Labute approximate surface area is 93.5 Å². The Balaban J connectivity index is 2.49. The summed E-state index contributed by atoms with van der Waals surface area (Å²) in [5.74, 6) is 0. The van der Waals surface area contributed by atoms with Crippen molar-refractivity contribution in [3.8, 4) is 11.1 Å². The van der Waals surface area contributed by atoms with Gasteiger partial charge in [0.25, 0.3) is 0 Å². The first-order valence-electron chi connectivity index (χ1n) is 4.58. The first-order valence-corrected chi connectivity index (χ1v) is 5.37. The van der Waals surface area contributed by atoms with Gasteiger partial charge in [-0.25, -0.2) is 0 Å². The zero-order valence-corrected chi connectivity index (χ0v) is 9.58. The van der Waals surface area contributed by atoms with E-state index in [0.29, 0.717) is 0 Å². The van der Waals surface area contributed by atoms with E-state index in [-0.39, 0.29) is 0 Å². The van der Waals surface area contributed by atoms with Crippen LogP contribution in [0.3, 0.4) is 0 Å². The molecule has 0 bridgehead atoms. The molecule has 0 heterocycles. The highest BCUT2D eigenvalue weighted by Gasteiger charge is 1.97. The Hall–Kier alpha value is -1.02. The molecular formula is C12H10BBr. The minimum Gasteiger partial charge on any atom is -0.0884 e. The summed E-state index contributed by atoms with van der Waals surface area (Å²) in [4.78, 5) is 0. The third kappa shape index (κ3) is 2.07. The van der Waals surface area contributed by atoms with Crippen LogP contribution in [0.2, 0.25) is 0 Å². The third-order valence-electron chi connectivity index (χ3n) is 2.18. The van der Waals surface area contributed by atoms with E-state index in [1.165, 1.54) is 16.6 Å². The molecule has 0 saturated heterocycles. The largest absolute Gasteiger partial charge is 0.139 e. The van der Waals surface area contributed by atoms with Gasteiger partial charge in [0.15, 0.2) is 0 Å². The van der Waals surface area contributed by atoms with E-state index in [1.54, 1.807) is 0 Å². The van der Waals surface area contributed by atoms with Crippen LogP contribution in [0.1, 0.15) is 0 Å². The summed E-state index contributed by atoms with van der Waals surface area (Å²) in [5, 5.41) is 0. The maximum Gasteiger partial charge on any atom is 0.139 e. The molecule has 0 fully saturated rings. The van der Waals surface area contributed by atoms with Crippen LogP contribution < -0.4 is 5.46 Å². The molecule has 2 rings (SSSR count). The SMILES string of the molecule is Bc1cccc(-c2cccc(Br)c2)c1. The molecule has 2 heteroatoms. The Morgan fingerprint density at radius 3 is 2.14 bits per heavy atom. The second kappa shape index (κ2) is 4.01. The molecular weight excluding hydrogens is 235 g/mol. The number of halogens is 1. The number of hydrogen-bond donors (Lipinski definition) is 0. The molecule has 0 aliphatic heterocycles. The monoisotopic (exact) mass is 244 g/mol. The van der Waals surface area contributed by atoms with Gasteiger partial charge in [-0.05, 0) is 23.3 Å². The molecule has 2 aromatic rings. The highest BCUT2D eigenvalue weighted by Crippen LogP contribution is 2.21. The van der Waals surface area contributed by atoms with Crippen LogP contribution in [-0.4, -0.2) is 7.85 Å². The van der Waals surface area contributed by atoms with E-state index in [1.807, 2.05) is 6.07 Å². The fraction of sp³-hybridized carbons (Fsp3) is 0. The maximum absolute atomic E-state index is 3.48. The Bertz CT molecular complexity index is 408. The maximum atomic E-state index is 3.48.